The van der Waals surface area contributed by atoms with Gasteiger partial charge in [-0.3, -0.25) is 4.79 Å². The average molecular weight is 400 g/mol. The fourth-order valence-electron chi connectivity index (χ4n) is 3.07. The van der Waals surface area contributed by atoms with Gasteiger partial charge in [0.25, 0.3) is 0 Å². The molecule has 154 valence electrons. The molecule has 0 bridgehead atoms. The quantitative estimate of drug-likeness (QED) is 0.514. The molecule has 0 aromatic carbocycles. The summed E-state index contributed by atoms with van der Waals surface area (Å²) in [6.07, 6.45) is 3.92. The Morgan fingerprint density at radius 3 is 2.59 bits per heavy atom. The number of nitrogens with one attached hydrogen (secondary N) is 2. The second-order valence-electron chi connectivity index (χ2n) is 7.07. The number of carbonyl (C=O) groups is 2. The molecule has 0 radical (unpaired) electrons. The standard InChI is InChI=1S/C18H33N5O3S/c1-4-26-18(25)23-9-7-14(8-10-23)21-17(20-13-16(24)22(2)3)19-12-15-6-5-11-27-15/h14-15H,4-13H2,1-3H3,(H2,19,20,21). The van der Waals surface area contributed by atoms with Gasteiger partial charge in [0.15, 0.2) is 5.96 Å². The number of carbonyl (C=O) groups excluding carboxylic acids is 2. The number of amides is 2. The van der Waals surface area contributed by atoms with Crippen LogP contribution in [0.15, 0.2) is 4.99 Å². The Balaban J connectivity index is 1.85. The highest BCUT2D eigenvalue weighted by atomic mass is 32.2. The lowest BCUT2D eigenvalue weighted by molar-refractivity contribution is -0.127. The Hall–Kier alpha value is -1.64. The van der Waals surface area contributed by atoms with Crippen LogP contribution in [0.2, 0.25) is 0 Å². The molecule has 2 aliphatic heterocycles. The highest BCUT2D eigenvalue weighted by Gasteiger charge is 2.24. The number of nitrogens with zero attached hydrogens (tertiary/aromatic N) is 3. The topological polar surface area (TPSA) is 86.3 Å². The number of piperidine rings is 1. The van der Waals surface area contributed by atoms with Crippen molar-refractivity contribution in [1.29, 1.82) is 0 Å². The van der Waals surface area contributed by atoms with Crippen LogP contribution in [0.3, 0.4) is 0 Å². The van der Waals surface area contributed by atoms with Crippen molar-refractivity contribution in [1.82, 2.24) is 20.4 Å². The van der Waals surface area contributed by atoms with Crippen molar-refractivity contribution in [3.63, 3.8) is 0 Å². The molecule has 1 atom stereocenters. The SMILES string of the molecule is CCOC(=O)N1CCC(NC(=NCC(=O)N(C)C)NCC2CCCS2)CC1. The van der Waals surface area contributed by atoms with Crippen LogP contribution in [-0.4, -0.2) is 91.7 Å². The van der Waals surface area contributed by atoms with Crippen LogP contribution in [0, 0.1) is 0 Å². The van der Waals surface area contributed by atoms with Crippen molar-refractivity contribution in [2.24, 2.45) is 4.99 Å². The predicted molar refractivity (Wildman–Crippen MR) is 109 cm³/mol. The molecule has 27 heavy (non-hydrogen) atoms. The molecule has 2 N–H and O–H groups in total. The fraction of sp³-hybridized carbons (Fsp3) is 0.833. The van der Waals surface area contributed by atoms with Crippen molar-refractivity contribution >= 4 is 29.7 Å². The molecule has 9 heteroatoms. The van der Waals surface area contributed by atoms with E-state index in [-0.39, 0.29) is 24.6 Å². The molecule has 2 aliphatic rings. The van der Waals surface area contributed by atoms with Crippen molar-refractivity contribution in [3.05, 3.63) is 0 Å². The van der Waals surface area contributed by atoms with E-state index >= 15 is 0 Å². The summed E-state index contributed by atoms with van der Waals surface area (Å²) >= 11 is 1.99. The number of ether oxygens (including phenoxy) is 1. The highest BCUT2D eigenvalue weighted by molar-refractivity contribution is 8.00. The summed E-state index contributed by atoms with van der Waals surface area (Å²) in [5.74, 6) is 1.88. The Kier molecular flexibility index (Phi) is 9.03. The average Bonchev–Trinajstić information content (AvgIpc) is 3.18. The first-order valence-electron chi connectivity index (χ1n) is 9.78. The van der Waals surface area contributed by atoms with Gasteiger partial charge in [-0.2, -0.15) is 11.8 Å². The Morgan fingerprint density at radius 2 is 2.00 bits per heavy atom. The van der Waals surface area contributed by atoms with Gasteiger partial charge in [-0.25, -0.2) is 9.79 Å². The summed E-state index contributed by atoms with van der Waals surface area (Å²) in [6, 6.07) is 0.229. The van der Waals surface area contributed by atoms with E-state index in [1.54, 1.807) is 23.9 Å². The lowest BCUT2D eigenvalue weighted by Gasteiger charge is -2.32. The van der Waals surface area contributed by atoms with Crippen LogP contribution in [0.4, 0.5) is 4.79 Å². The fourth-order valence-corrected chi connectivity index (χ4v) is 4.27. The molecular formula is C18H33N5O3S. The second kappa shape index (κ2) is 11.3. The monoisotopic (exact) mass is 399 g/mol. The van der Waals surface area contributed by atoms with E-state index in [9.17, 15) is 9.59 Å². The van der Waals surface area contributed by atoms with Crippen molar-refractivity contribution in [2.45, 2.75) is 43.9 Å². The minimum atomic E-state index is -0.238. The first kappa shape index (κ1) is 21.7. The number of hydrogen-bond donors (Lipinski definition) is 2. The number of guanidine groups is 1. The predicted octanol–water partition coefficient (Wildman–Crippen LogP) is 1.13. The molecule has 0 aromatic rings. The van der Waals surface area contributed by atoms with Crippen molar-refractivity contribution < 1.29 is 14.3 Å². The minimum Gasteiger partial charge on any atom is -0.450 e. The lowest BCUT2D eigenvalue weighted by atomic mass is 10.1. The molecule has 8 nitrogen and oxygen atoms in total. The Labute approximate surface area is 166 Å². The molecule has 2 rings (SSSR count). The van der Waals surface area contributed by atoms with E-state index in [1.165, 1.54) is 18.6 Å². The third kappa shape index (κ3) is 7.48. The molecule has 2 amide bonds. The van der Waals surface area contributed by atoms with Crippen LogP contribution in [0.5, 0.6) is 0 Å². The van der Waals surface area contributed by atoms with Crippen LogP contribution >= 0.6 is 11.8 Å². The van der Waals surface area contributed by atoms with E-state index in [2.05, 4.69) is 15.6 Å². The van der Waals surface area contributed by atoms with Gasteiger partial charge in [0.1, 0.15) is 6.54 Å². The van der Waals surface area contributed by atoms with Gasteiger partial charge < -0.3 is 25.2 Å². The Bertz CT molecular complexity index is 515. The van der Waals surface area contributed by atoms with Crippen LogP contribution in [0.1, 0.15) is 32.6 Å². The third-order valence-electron chi connectivity index (χ3n) is 4.75. The molecular weight excluding hydrogens is 366 g/mol. The summed E-state index contributed by atoms with van der Waals surface area (Å²) in [6.45, 7) is 4.53. The minimum absolute atomic E-state index is 0.0246. The maximum atomic E-state index is 11.9. The van der Waals surface area contributed by atoms with Gasteiger partial charge in [-0.05, 0) is 38.4 Å². The highest BCUT2D eigenvalue weighted by Crippen LogP contribution is 2.25. The van der Waals surface area contributed by atoms with Gasteiger partial charge in [0.2, 0.25) is 5.91 Å². The number of rotatable bonds is 6. The molecule has 2 heterocycles. The van der Waals surface area contributed by atoms with Crippen LogP contribution in [0.25, 0.3) is 0 Å². The zero-order valence-corrected chi connectivity index (χ0v) is 17.5. The first-order chi connectivity index (χ1) is 13.0. The number of aliphatic imine (C=N–C) groups is 1. The number of thioether (sulfide) groups is 1. The van der Waals surface area contributed by atoms with Crippen LogP contribution in [-0.2, 0) is 9.53 Å². The summed E-state index contributed by atoms with van der Waals surface area (Å²) < 4.78 is 5.07. The Morgan fingerprint density at radius 1 is 1.26 bits per heavy atom. The van der Waals surface area contributed by atoms with Crippen LogP contribution < -0.4 is 10.6 Å². The molecule has 0 aliphatic carbocycles. The summed E-state index contributed by atoms with van der Waals surface area (Å²) in [5, 5.41) is 7.45. The molecule has 2 saturated heterocycles. The number of likely N-dealkylation sites (tertiary alicyclic amines) is 1. The summed E-state index contributed by atoms with van der Waals surface area (Å²) in [7, 11) is 3.47. The summed E-state index contributed by atoms with van der Waals surface area (Å²) in [5.41, 5.74) is 0. The molecule has 1 unspecified atom stereocenters. The van der Waals surface area contributed by atoms with Gasteiger partial charge >= 0.3 is 6.09 Å². The molecule has 0 spiro atoms. The maximum Gasteiger partial charge on any atom is 0.409 e. The van der Waals surface area contributed by atoms with Gasteiger partial charge in [-0.1, -0.05) is 0 Å². The van der Waals surface area contributed by atoms with Crippen molar-refractivity contribution in [2.75, 3.05) is 52.6 Å². The zero-order chi connectivity index (χ0) is 19.6. The van der Waals surface area contributed by atoms with E-state index in [0.29, 0.717) is 30.9 Å². The van der Waals surface area contributed by atoms with E-state index in [0.717, 1.165) is 19.4 Å². The maximum absolute atomic E-state index is 11.9. The molecule has 0 saturated carbocycles. The van der Waals surface area contributed by atoms with E-state index in [4.69, 9.17) is 4.74 Å². The van der Waals surface area contributed by atoms with Crippen molar-refractivity contribution in [3.8, 4) is 0 Å². The van der Waals surface area contributed by atoms with Gasteiger partial charge in [0, 0.05) is 45.0 Å². The number of hydrogen-bond acceptors (Lipinski definition) is 5. The van der Waals surface area contributed by atoms with Gasteiger partial charge in [0.05, 0.1) is 6.61 Å². The molecule has 0 aromatic heterocycles. The van der Waals surface area contributed by atoms with Gasteiger partial charge in [-0.15, -0.1) is 0 Å². The zero-order valence-electron chi connectivity index (χ0n) is 16.7. The second-order valence-corrected chi connectivity index (χ2v) is 8.48. The molecule has 2 fully saturated rings. The van der Waals surface area contributed by atoms with E-state index in [1.807, 2.05) is 18.7 Å². The number of likely N-dealkylation sites (N-methyl/N-ethyl adjacent to an activating group) is 1. The summed E-state index contributed by atoms with van der Waals surface area (Å²) in [4.78, 5) is 31.5. The largest absolute Gasteiger partial charge is 0.450 e. The first-order valence-corrected chi connectivity index (χ1v) is 10.8. The normalized spacial score (nSPS) is 21.1. The van der Waals surface area contributed by atoms with E-state index < -0.39 is 0 Å². The smallest absolute Gasteiger partial charge is 0.409 e. The lowest BCUT2D eigenvalue weighted by Crippen LogP contribution is -2.50. The third-order valence-corrected chi connectivity index (χ3v) is 6.15.